The standard InChI is InChI=1S/C23H44O5S/c1-4-5-6-7-8-9-10-11-12-15-20(24)21(29-19-18-23(26)28-3)16-13-14-17-22(25)27-2/h20-21,24H,4-19H2,1-3H3/t20-,21+/m1/s1. The van der Waals surface area contributed by atoms with Crippen LogP contribution in [0.25, 0.3) is 0 Å². The molecular formula is C23H44O5S. The second-order valence-electron chi connectivity index (χ2n) is 7.74. The second-order valence-corrected chi connectivity index (χ2v) is 9.09. The Labute approximate surface area is 182 Å². The molecule has 0 rings (SSSR count). The number of hydrogen-bond donors (Lipinski definition) is 1. The fourth-order valence-corrected chi connectivity index (χ4v) is 4.63. The molecule has 0 saturated heterocycles. The van der Waals surface area contributed by atoms with E-state index in [2.05, 4.69) is 11.7 Å². The van der Waals surface area contributed by atoms with Gasteiger partial charge >= 0.3 is 11.9 Å². The lowest BCUT2D eigenvalue weighted by molar-refractivity contribution is -0.141. The minimum absolute atomic E-state index is 0.103. The lowest BCUT2D eigenvalue weighted by Crippen LogP contribution is -2.24. The molecule has 0 heterocycles. The quantitative estimate of drug-likeness (QED) is 0.197. The van der Waals surface area contributed by atoms with Crippen LogP contribution in [0.2, 0.25) is 0 Å². The lowest BCUT2D eigenvalue weighted by Gasteiger charge is -2.22. The Morgan fingerprint density at radius 3 is 1.86 bits per heavy atom. The van der Waals surface area contributed by atoms with Gasteiger partial charge in [-0.15, -0.1) is 0 Å². The highest BCUT2D eigenvalue weighted by molar-refractivity contribution is 7.99. The van der Waals surface area contributed by atoms with Gasteiger partial charge in [0.1, 0.15) is 0 Å². The minimum atomic E-state index is -0.361. The van der Waals surface area contributed by atoms with Crippen LogP contribution in [0.3, 0.4) is 0 Å². The topological polar surface area (TPSA) is 72.8 Å². The third kappa shape index (κ3) is 17.8. The first-order valence-corrected chi connectivity index (χ1v) is 12.5. The van der Waals surface area contributed by atoms with Crippen LogP contribution >= 0.6 is 11.8 Å². The number of esters is 2. The number of hydrogen-bond acceptors (Lipinski definition) is 6. The van der Waals surface area contributed by atoms with Crippen molar-refractivity contribution in [1.29, 1.82) is 0 Å². The summed E-state index contributed by atoms with van der Waals surface area (Å²) >= 11 is 1.65. The Hall–Kier alpha value is -0.750. The van der Waals surface area contributed by atoms with Gasteiger partial charge in [0.25, 0.3) is 0 Å². The van der Waals surface area contributed by atoms with Gasteiger partial charge in [0.05, 0.1) is 26.7 Å². The van der Waals surface area contributed by atoms with Gasteiger partial charge in [-0.3, -0.25) is 9.59 Å². The maximum absolute atomic E-state index is 11.3. The summed E-state index contributed by atoms with van der Waals surface area (Å²) in [7, 11) is 2.80. The van der Waals surface area contributed by atoms with Crippen LogP contribution in [0.15, 0.2) is 0 Å². The van der Waals surface area contributed by atoms with Crippen LogP contribution in [0.4, 0.5) is 0 Å². The maximum atomic E-state index is 11.3. The number of carbonyl (C=O) groups excluding carboxylic acids is 2. The van der Waals surface area contributed by atoms with E-state index in [4.69, 9.17) is 4.74 Å². The van der Waals surface area contributed by atoms with E-state index in [0.717, 1.165) is 32.1 Å². The molecular weight excluding hydrogens is 388 g/mol. The third-order valence-electron chi connectivity index (χ3n) is 5.25. The molecule has 0 amide bonds. The number of aliphatic hydroxyl groups is 1. The van der Waals surface area contributed by atoms with Crippen molar-refractivity contribution in [3.05, 3.63) is 0 Å². The van der Waals surface area contributed by atoms with Gasteiger partial charge in [-0.25, -0.2) is 0 Å². The number of ether oxygens (including phenoxy) is 2. The van der Waals surface area contributed by atoms with Crippen molar-refractivity contribution in [3.63, 3.8) is 0 Å². The molecule has 1 N–H and O–H groups in total. The summed E-state index contributed by atoms with van der Waals surface area (Å²) in [5.74, 6) is 0.258. The monoisotopic (exact) mass is 432 g/mol. The highest BCUT2D eigenvalue weighted by atomic mass is 32.2. The van der Waals surface area contributed by atoms with Gasteiger partial charge in [-0.2, -0.15) is 11.8 Å². The van der Waals surface area contributed by atoms with Crippen molar-refractivity contribution in [2.45, 2.75) is 115 Å². The van der Waals surface area contributed by atoms with Crippen LogP contribution in [0.1, 0.15) is 103 Å². The normalized spacial score (nSPS) is 13.1. The second kappa shape index (κ2) is 20.5. The molecule has 6 heteroatoms. The molecule has 5 nitrogen and oxygen atoms in total. The Morgan fingerprint density at radius 2 is 1.28 bits per heavy atom. The number of thioether (sulfide) groups is 1. The van der Waals surface area contributed by atoms with E-state index in [1.807, 2.05) is 0 Å². The van der Waals surface area contributed by atoms with Crippen molar-refractivity contribution < 1.29 is 24.2 Å². The van der Waals surface area contributed by atoms with Crippen LogP contribution in [-0.2, 0) is 19.1 Å². The van der Waals surface area contributed by atoms with Gasteiger partial charge in [0.15, 0.2) is 0 Å². The summed E-state index contributed by atoms with van der Waals surface area (Å²) in [6.45, 7) is 2.24. The van der Waals surface area contributed by atoms with Gasteiger partial charge in [0, 0.05) is 17.4 Å². The average Bonchev–Trinajstić information content (AvgIpc) is 2.73. The van der Waals surface area contributed by atoms with Crippen LogP contribution in [0, 0.1) is 0 Å². The van der Waals surface area contributed by atoms with E-state index < -0.39 is 0 Å². The zero-order chi connectivity index (χ0) is 21.7. The molecule has 0 saturated carbocycles. The number of carbonyl (C=O) groups is 2. The molecule has 0 radical (unpaired) electrons. The largest absolute Gasteiger partial charge is 0.469 e. The Kier molecular flexibility index (Phi) is 20.0. The highest BCUT2D eigenvalue weighted by Gasteiger charge is 2.20. The van der Waals surface area contributed by atoms with E-state index in [-0.39, 0.29) is 23.3 Å². The molecule has 0 unspecified atom stereocenters. The van der Waals surface area contributed by atoms with E-state index in [0.29, 0.717) is 18.6 Å². The molecule has 0 fully saturated rings. The van der Waals surface area contributed by atoms with Crippen LogP contribution < -0.4 is 0 Å². The number of aliphatic hydroxyl groups excluding tert-OH is 1. The van der Waals surface area contributed by atoms with Crippen molar-refractivity contribution in [2.24, 2.45) is 0 Å². The van der Waals surface area contributed by atoms with Crippen LogP contribution in [0.5, 0.6) is 0 Å². The first-order chi connectivity index (χ1) is 14.0. The molecule has 172 valence electrons. The van der Waals surface area contributed by atoms with Crippen molar-refractivity contribution in [2.75, 3.05) is 20.0 Å². The molecule has 29 heavy (non-hydrogen) atoms. The van der Waals surface area contributed by atoms with E-state index in [1.54, 1.807) is 11.8 Å². The average molecular weight is 433 g/mol. The fraction of sp³-hybridized carbons (Fsp3) is 0.913. The number of unbranched alkanes of at least 4 members (excludes halogenated alkanes) is 9. The molecule has 0 aromatic heterocycles. The lowest BCUT2D eigenvalue weighted by atomic mass is 10.0. The summed E-state index contributed by atoms with van der Waals surface area (Å²) in [5, 5.41) is 10.8. The molecule has 2 atom stereocenters. The minimum Gasteiger partial charge on any atom is -0.469 e. The van der Waals surface area contributed by atoms with Crippen molar-refractivity contribution in [1.82, 2.24) is 0 Å². The molecule has 0 aliphatic carbocycles. The van der Waals surface area contributed by atoms with Gasteiger partial charge in [0.2, 0.25) is 0 Å². The zero-order valence-electron chi connectivity index (χ0n) is 19.0. The van der Waals surface area contributed by atoms with Crippen LogP contribution in [-0.4, -0.2) is 48.4 Å². The smallest absolute Gasteiger partial charge is 0.306 e. The van der Waals surface area contributed by atoms with Gasteiger partial charge < -0.3 is 14.6 Å². The van der Waals surface area contributed by atoms with Crippen molar-refractivity contribution in [3.8, 4) is 0 Å². The summed E-state index contributed by atoms with van der Waals surface area (Å²) in [6.07, 6.45) is 15.2. The highest BCUT2D eigenvalue weighted by Crippen LogP contribution is 2.25. The van der Waals surface area contributed by atoms with Gasteiger partial charge in [-0.1, -0.05) is 71.1 Å². The zero-order valence-corrected chi connectivity index (χ0v) is 19.8. The molecule has 0 aromatic carbocycles. The summed E-state index contributed by atoms with van der Waals surface area (Å²) in [6, 6.07) is 0. The first-order valence-electron chi connectivity index (χ1n) is 11.5. The molecule has 0 aliphatic rings. The predicted molar refractivity (Wildman–Crippen MR) is 121 cm³/mol. The Morgan fingerprint density at radius 1 is 0.759 bits per heavy atom. The van der Waals surface area contributed by atoms with Crippen molar-refractivity contribution >= 4 is 23.7 Å². The van der Waals surface area contributed by atoms with Gasteiger partial charge in [-0.05, 0) is 19.3 Å². The Balaban J connectivity index is 4.08. The van der Waals surface area contributed by atoms with E-state index in [9.17, 15) is 14.7 Å². The third-order valence-corrected chi connectivity index (χ3v) is 6.66. The predicted octanol–water partition coefficient (Wildman–Crippen LogP) is 5.67. The summed E-state index contributed by atoms with van der Waals surface area (Å²) < 4.78 is 9.37. The first kappa shape index (κ1) is 28.2. The molecule has 0 bridgehead atoms. The summed E-state index contributed by atoms with van der Waals surface area (Å²) in [4.78, 5) is 22.6. The summed E-state index contributed by atoms with van der Waals surface area (Å²) in [5.41, 5.74) is 0. The molecule has 0 spiro atoms. The van der Waals surface area contributed by atoms with E-state index >= 15 is 0 Å². The fourth-order valence-electron chi connectivity index (χ4n) is 3.35. The SMILES string of the molecule is CCCCCCCCCCC[C@@H](O)[C@H](CCCCC(=O)OC)SCCC(=O)OC. The number of methoxy groups -OCH3 is 2. The number of rotatable bonds is 20. The maximum Gasteiger partial charge on any atom is 0.306 e. The van der Waals surface area contributed by atoms with E-state index in [1.165, 1.54) is 65.6 Å². The molecule has 0 aromatic rings. The molecule has 0 aliphatic heterocycles. The Bertz CT molecular complexity index is 403.